The highest BCUT2D eigenvalue weighted by atomic mass is 32.2. The van der Waals surface area contributed by atoms with Crippen molar-refractivity contribution in [1.82, 2.24) is 24.2 Å². The summed E-state index contributed by atoms with van der Waals surface area (Å²) in [4.78, 5) is 16.5. The molecule has 1 unspecified atom stereocenters. The number of fused-ring (bicyclic) bond motifs is 1. The topological polar surface area (TPSA) is 104 Å². The van der Waals surface area contributed by atoms with Gasteiger partial charge in [0, 0.05) is 37.1 Å². The largest absolute Gasteiger partial charge is 0.365 e. The number of hydrogen-bond acceptors (Lipinski definition) is 6. The first-order chi connectivity index (χ1) is 12.9. The molecule has 142 valence electrons. The monoisotopic (exact) mass is 386 g/mol. The number of aromatic nitrogens is 4. The molecule has 27 heavy (non-hydrogen) atoms. The van der Waals surface area contributed by atoms with Crippen molar-refractivity contribution in [2.75, 3.05) is 18.4 Å². The van der Waals surface area contributed by atoms with Crippen molar-refractivity contribution >= 4 is 27.0 Å². The van der Waals surface area contributed by atoms with E-state index in [-0.39, 0.29) is 6.04 Å². The van der Waals surface area contributed by atoms with E-state index in [1.807, 2.05) is 18.2 Å². The summed E-state index contributed by atoms with van der Waals surface area (Å²) in [6.07, 6.45) is 5.97. The number of pyridine rings is 1. The second-order valence-corrected chi connectivity index (χ2v) is 9.44. The van der Waals surface area contributed by atoms with Crippen LogP contribution in [0, 0.1) is 0 Å². The SMILES string of the molecule is CC(C)S(=O)(=O)N1CCC(Nc2ncccc2-c2cnc3[nH]ccc3n2)C1. The Morgan fingerprint density at radius 3 is 2.96 bits per heavy atom. The third-order valence-corrected chi connectivity index (χ3v) is 7.03. The molecular formula is C18H22N6O2S. The first-order valence-corrected chi connectivity index (χ1v) is 10.5. The van der Waals surface area contributed by atoms with Gasteiger partial charge in [-0.1, -0.05) is 0 Å². The second kappa shape index (κ2) is 6.90. The van der Waals surface area contributed by atoms with E-state index >= 15 is 0 Å². The number of hydrogen-bond donors (Lipinski definition) is 2. The Balaban J connectivity index is 1.57. The predicted octanol–water partition coefficient (Wildman–Crippen LogP) is 2.24. The van der Waals surface area contributed by atoms with Crippen molar-refractivity contribution in [3.05, 3.63) is 36.8 Å². The quantitative estimate of drug-likeness (QED) is 0.697. The van der Waals surface area contributed by atoms with Crippen LogP contribution < -0.4 is 5.32 Å². The maximum absolute atomic E-state index is 12.4. The molecule has 1 aliphatic heterocycles. The van der Waals surface area contributed by atoms with Crippen molar-refractivity contribution in [2.45, 2.75) is 31.6 Å². The molecule has 2 N–H and O–H groups in total. The lowest BCUT2D eigenvalue weighted by atomic mass is 10.1. The van der Waals surface area contributed by atoms with Crippen molar-refractivity contribution < 1.29 is 8.42 Å². The molecule has 1 atom stereocenters. The first kappa shape index (κ1) is 17.9. The van der Waals surface area contributed by atoms with E-state index in [1.54, 1.807) is 36.7 Å². The zero-order chi connectivity index (χ0) is 19.0. The van der Waals surface area contributed by atoms with Crippen LogP contribution in [0.4, 0.5) is 5.82 Å². The number of nitrogens with one attached hydrogen (secondary N) is 2. The molecule has 0 bridgehead atoms. The highest BCUT2D eigenvalue weighted by Gasteiger charge is 2.33. The molecule has 4 rings (SSSR count). The first-order valence-electron chi connectivity index (χ1n) is 8.96. The Bertz CT molecular complexity index is 1060. The molecule has 9 heteroatoms. The summed E-state index contributed by atoms with van der Waals surface area (Å²) in [5.41, 5.74) is 3.10. The summed E-state index contributed by atoms with van der Waals surface area (Å²) in [7, 11) is -3.23. The zero-order valence-electron chi connectivity index (χ0n) is 15.3. The predicted molar refractivity (Wildman–Crippen MR) is 105 cm³/mol. The van der Waals surface area contributed by atoms with Gasteiger partial charge in [-0.05, 0) is 38.5 Å². The summed E-state index contributed by atoms with van der Waals surface area (Å²) in [6.45, 7) is 4.39. The molecule has 1 fully saturated rings. The van der Waals surface area contributed by atoms with E-state index in [0.717, 1.165) is 28.8 Å². The zero-order valence-corrected chi connectivity index (χ0v) is 16.1. The van der Waals surface area contributed by atoms with Crippen LogP contribution in [-0.2, 0) is 10.0 Å². The van der Waals surface area contributed by atoms with Gasteiger partial charge in [-0.2, -0.15) is 4.31 Å². The van der Waals surface area contributed by atoms with E-state index in [1.165, 1.54) is 0 Å². The van der Waals surface area contributed by atoms with Gasteiger partial charge in [0.25, 0.3) is 0 Å². The molecular weight excluding hydrogens is 364 g/mol. The van der Waals surface area contributed by atoms with Crippen LogP contribution in [0.15, 0.2) is 36.8 Å². The number of sulfonamides is 1. The lowest BCUT2D eigenvalue weighted by molar-refractivity contribution is 0.467. The van der Waals surface area contributed by atoms with Crippen LogP contribution in [0.1, 0.15) is 20.3 Å². The van der Waals surface area contributed by atoms with E-state index in [9.17, 15) is 8.42 Å². The Hall–Kier alpha value is -2.52. The Kier molecular flexibility index (Phi) is 4.56. The number of anilines is 1. The molecule has 0 amide bonds. The number of rotatable bonds is 5. The Morgan fingerprint density at radius 2 is 2.15 bits per heavy atom. The molecule has 8 nitrogen and oxygen atoms in total. The van der Waals surface area contributed by atoms with Gasteiger partial charge < -0.3 is 10.3 Å². The van der Waals surface area contributed by atoms with Crippen LogP contribution in [0.2, 0.25) is 0 Å². The molecule has 0 saturated carbocycles. The van der Waals surface area contributed by atoms with Gasteiger partial charge in [-0.3, -0.25) is 0 Å². The molecule has 0 aromatic carbocycles. The summed E-state index contributed by atoms with van der Waals surface area (Å²) in [6, 6.07) is 5.68. The van der Waals surface area contributed by atoms with E-state index in [2.05, 4.69) is 25.3 Å². The van der Waals surface area contributed by atoms with Crippen LogP contribution in [0.25, 0.3) is 22.4 Å². The van der Waals surface area contributed by atoms with Gasteiger partial charge in [0.05, 0.1) is 17.1 Å². The highest BCUT2D eigenvalue weighted by molar-refractivity contribution is 7.89. The molecule has 0 aliphatic carbocycles. The number of nitrogens with zero attached hydrogens (tertiary/aromatic N) is 4. The van der Waals surface area contributed by atoms with Crippen molar-refractivity contribution in [1.29, 1.82) is 0 Å². The van der Waals surface area contributed by atoms with E-state index < -0.39 is 15.3 Å². The summed E-state index contributed by atoms with van der Waals surface area (Å²) < 4.78 is 26.3. The lowest BCUT2D eigenvalue weighted by Crippen LogP contribution is -2.36. The van der Waals surface area contributed by atoms with Crippen LogP contribution in [0.5, 0.6) is 0 Å². The Labute approximate surface area is 158 Å². The van der Waals surface area contributed by atoms with Gasteiger partial charge in [-0.25, -0.2) is 23.4 Å². The van der Waals surface area contributed by atoms with Crippen molar-refractivity contribution in [3.63, 3.8) is 0 Å². The molecule has 0 spiro atoms. The van der Waals surface area contributed by atoms with Crippen molar-refractivity contribution in [2.24, 2.45) is 0 Å². The van der Waals surface area contributed by atoms with E-state index in [0.29, 0.717) is 18.9 Å². The summed E-state index contributed by atoms with van der Waals surface area (Å²) >= 11 is 0. The maximum Gasteiger partial charge on any atom is 0.216 e. The molecule has 1 aliphatic rings. The van der Waals surface area contributed by atoms with E-state index in [4.69, 9.17) is 0 Å². The fourth-order valence-electron chi connectivity index (χ4n) is 3.26. The van der Waals surface area contributed by atoms with Crippen LogP contribution in [-0.4, -0.2) is 57.0 Å². The fourth-order valence-corrected chi connectivity index (χ4v) is 4.60. The average Bonchev–Trinajstić information content (AvgIpc) is 3.31. The van der Waals surface area contributed by atoms with Crippen LogP contribution in [0.3, 0.4) is 0 Å². The normalized spacial score (nSPS) is 18.4. The van der Waals surface area contributed by atoms with Gasteiger partial charge in [0.2, 0.25) is 10.0 Å². The minimum absolute atomic E-state index is 0.0103. The van der Waals surface area contributed by atoms with Gasteiger partial charge in [-0.15, -0.1) is 0 Å². The minimum atomic E-state index is -3.23. The van der Waals surface area contributed by atoms with Gasteiger partial charge in [0.1, 0.15) is 11.3 Å². The van der Waals surface area contributed by atoms with Gasteiger partial charge in [0.15, 0.2) is 5.65 Å². The second-order valence-electron chi connectivity index (χ2n) is 6.95. The third-order valence-electron chi connectivity index (χ3n) is 4.79. The average molecular weight is 386 g/mol. The maximum atomic E-state index is 12.4. The Morgan fingerprint density at radius 1 is 1.30 bits per heavy atom. The molecule has 3 aromatic rings. The smallest absolute Gasteiger partial charge is 0.216 e. The molecule has 4 heterocycles. The highest BCUT2D eigenvalue weighted by Crippen LogP contribution is 2.27. The van der Waals surface area contributed by atoms with Crippen LogP contribution >= 0.6 is 0 Å². The fraction of sp³-hybridized carbons (Fsp3) is 0.389. The molecule has 0 radical (unpaired) electrons. The van der Waals surface area contributed by atoms with Gasteiger partial charge >= 0.3 is 0 Å². The lowest BCUT2D eigenvalue weighted by Gasteiger charge is -2.20. The molecule has 1 saturated heterocycles. The summed E-state index contributed by atoms with van der Waals surface area (Å²) in [5, 5.41) is 2.99. The summed E-state index contributed by atoms with van der Waals surface area (Å²) in [5.74, 6) is 0.690. The number of H-pyrrole nitrogens is 1. The molecule has 3 aromatic heterocycles. The minimum Gasteiger partial charge on any atom is -0.365 e. The standard InChI is InChI=1S/C18H22N6O2S/c1-12(2)27(25,26)24-9-6-13(11-24)22-17-14(4-3-7-19-17)16-10-21-18-15(23-16)5-8-20-18/h3-5,7-8,10,12-13H,6,9,11H2,1-2H3,(H,19,22)(H,20,21). The van der Waals surface area contributed by atoms with Crippen molar-refractivity contribution in [3.8, 4) is 11.3 Å². The number of aromatic amines is 1. The third kappa shape index (κ3) is 3.40.